The fourth-order valence-electron chi connectivity index (χ4n) is 1.12. The van der Waals surface area contributed by atoms with Gasteiger partial charge in [0.25, 0.3) is 0 Å². The second kappa shape index (κ2) is 3.17. The van der Waals surface area contributed by atoms with E-state index in [1.807, 2.05) is 6.92 Å². The van der Waals surface area contributed by atoms with Gasteiger partial charge in [0.15, 0.2) is 6.29 Å². The maximum absolute atomic E-state index is 10.6. The molecule has 0 atom stereocenters. The molecule has 0 spiro atoms. The number of ether oxygens (including phenoxy) is 1. The lowest BCUT2D eigenvalue weighted by atomic mass is 10.2. The van der Waals surface area contributed by atoms with E-state index in [1.54, 1.807) is 12.4 Å². The van der Waals surface area contributed by atoms with E-state index in [0.29, 0.717) is 11.7 Å². The fraction of sp³-hybridized carbons (Fsp3) is 0.400. The number of aldehydes is 1. The highest BCUT2D eigenvalue weighted by atomic mass is 16.5. The Morgan fingerprint density at radius 1 is 1.54 bits per heavy atom. The summed E-state index contributed by atoms with van der Waals surface area (Å²) < 4.78 is 5.58. The number of pyridine rings is 1. The highest BCUT2D eigenvalue weighted by Crippen LogP contribution is 2.28. The zero-order chi connectivity index (χ0) is 9.26. The molecule has 1 aromatic rings. The Balaban J connectivity index is 2.27. The normalized spacial score (nSPS) is 15.5. The first-order valence-electron chi connectivity index (χ1n) is 4.37. The Hall–Kier alpha value is -1.38. The number of hydrogen-bond donors (Lipinski definition) is 0. The van der Waals surface area contributed by atoms with Gasteiger partial charge in [-0.25, -0.2) is 0 Å². The van der Waals surface area contributed by atoms with Crippen molar-refractivity contribution in [1.29, 1.82) is 0 Å². The summed E-state index contributed by atoms with van der Waals surface area (Å²) in [4.78, 5) is 14.5. The summed E-state index contributed by atoms with van der Waals surface area (Å²) in [5, 5.41) is 0. The lowest BCUT2D eigenvalue weighted by Gasteiger charge is -2.07. The number of hydrogen-bond acceptors (Lipinski definition) is 3. The molecule has 1 fully saturated rings. The largest absolute Gasteiger partial charge is 0.489 e. The maximum Gasteiger partial charge on any atom is 0.152 e. The molecule has 1 saturated carbocycles. The van der Waals surface area contributed by atoms with Gasteiger partial charge in [-0.05, 0) is 19.8 Å². The van der Waals surface area contributed by atoms with Crippen LogP contribution in [0.25, 0.3) is 0 Å². The van der Waals surface area contributed by atoms with Crippen LogP contribution in [-0.2, 0) is 0 Å². The van der Waals surface area contributed by atoms with Crippen molar-refractivity contribution in [1.82, 2.24) is 4.98 Å². The number of carbonyl (C=O) groups excluding carboxylic acids is 1. The average molecular weight is 177 g/mol. The Kier molecular flexibility index (Phi) is 2.00. The number of nitrogens with zero attached hydrogens (tertiary/aromatic N) is 1. The van der Waals surface area contributed by atoms with E-state index in [4.69, 9.17) is 4.74 Å². The van der Waals surface area contributed by atoms with E-state index < -0.39 is 0 Å². The van der Waals surface area contributed by atoms with Gasteiger partial charge in [-0.2, -0.15) is 0 Å². The van der Waals surface area contributed by atoms with E-state index >= 15 is 0 Å². The van der Waals surface area contributed by atoms with Crippen molar-refractivity contribution < 1.29 is 9.53 Å². The highest BCUT2D eigenvalue weighted by molar-refractivity contribution is 5.77. The van der Waals surface area contributed by atoms with Gasteiger partial charge in [-0.1, -0.05) is 0 Å². The van der Waals surface area contributed by atoms with E-state index in [1.165, 1.54) is 0 Å². The molecule has 1 aliphatic carbocycles. The van der Waals surface area contributed by atoms with Crippen LogP contribution in [0.5, 0.6) is 5.75 Å². The van der Waals surface area contributed by atoms with Crippen molar-refractivity contribution in [2.45, 2.75) is 25.9 Å². The van der Waals surface area contributed by atoms with Gasteiger partial charge in [-0.15, -0.1) is 0 Å². The number of aromatic nitrogens is 1. The summed E-state index contributed by atoms with van der Waals surface area (Å²) in [6, 6.07) is 0. The first-order chi connectivity index (χ1) is 6.31. The molecule has 3 heteroatoms. The minimum absolute atomic E-state index is 0.349. The molecule has 0 aliphatic heterocycles. The van der Waals surface area contributed by atoms with E-state index in [-0.39, 0.29) is 0 Å². The molecule has 0 unspecified atom stereocenters. The van der Waals surface area contributed by atoms with Crippen molar-refractivity contribution >= 4 is 6.29 Å². The van der Waals surface area contributed by atoms with Gasteiger partial charge >= 0.3 is 0 Å². The predicted octanol–water partition coefficient (Wildman–Crippen LogP) is 1.74. The smallest absolute Gasteiger partial charge is 0.152 e. The Morgan fingerprint density at radius 3 is 2.92 bits per heavy atom. The third-order valence-corrected chi connectivity index (χ3v) is 2.15. The average Bonchev–Trinajstić information content (AvgIpc) is 2.92. The second-order valence-corrected chi connectivity index (χ2v) is 3.29. The standard InChI is InChI=1S/C10H11NO2/c1-7-8(6-12)4-11-5-10(7)13-9-2-3-9/h4-6,9H,2-3H2,1H3. The quantitative estimate of drug-likeness (QED) is 0.660. The van der Waals surface area contributed by atoms with Crippen LogP contribution in [0.3, 0.4) is 0 Å². The second-order valence-electron chi connectivity index (χ2n) is 3.29. The molecular weight excluding hydrogens is 166 g/mol. The van der Waals surface area contributed by atoms with Crippen LogP contribution in [0.4, 0.5) is 0 Å². The summed E-state index contributed by atoms with van der Waals surface area (Å²) in [6.45, 7) is 1.88. The number of rotatable bonds is 3. The van der Waals surface area contributed by atoms with Gasteiger partial charge in [0.2, 0.25) is 0 Å². The third kappa shape index (κ3) is 1.69. The Morgan fingerprint density at radius 2 is 2.31 bits per heavy atom. The topological polar surface area (TPSA) is 39.2 Å². The first-order valence-corrected chi connectivity index (χ1v) is 4.37. The molecule has 0 amide bonds. The molecule has 68 valence electrons. The van der Waals surface area contributed by atoms with Crippen LogP contribution in [0, 0.1) is 6.92 Å². The van der Waals surface area contributed by atoms with Crippen molar-refractivity contribution in [3.05, 3.63) is 23.5 Å². The molecule has 3 nitrogen and oxygen atoms in total. The zero-order valence-corrected chi connectivity index (χ0v) is 7.49. The van der Waals surface area contributed by atoms with Gasteiger partial charge in [-0.3, -0.25) is 9.78 Å². The van der Waals surface area contributed by atoms with E-state index in [0.717, 1.165) is 30.4 Å². The molecule has 13 heavy (non-hydrogen) atoms. The lowest BCUT2D eigenvalue weighted by Crippen LogP contribution is -2.00. The van der Waals surface area contributed by atoms with Crippen LogP contribution in [0.1, 0.15) is 28.8 Å². The van der Waals surface area contributed by atoms with Crippen molar-refractivity contribution in [2.75, 3.05) is 0 Å². The third-order valence-electron chi connectivity index (χ3n) is 2.15. The molecule has 2 rings (SSSR count). The zero-order valence-electron chi connectivity index (χ0n) is 7.49. The minimum atomic E-state index is 0.349. The molecule has 0 saturated heterocycles. The molecule has 1 heterocycles. The minimum Gasteiger partial charge on any atom is -0.489 e. The maximum atomic E-state index is 10.6. The van der Waals surface area contributed by atoms with Crippen molar-refractivity contribution in [3.8, 4) is 5.75 Å². The fourth-order valence-corrected chi connectivity index (χ4v) is 1.12. The van der Waals surface area contributed by atoms with Crippen LogP contribution in [0.2, 0.25) is 0 Å². The van der Waals surface area contributed by atoms with Crippen molar-refractivity contribution in [3.63, 3.8) is 0 Å². The van der Waals surface area contributed by atoms with Crippen LogP contribution < -0.4 is 4.74 Å². The highest BCUT2D eigenvalue weighted by Gasteiger charge is 2.24. The summed E-state index contributed by atoms with van der Waals surface area (Å²) in [5.74, 6) is 0.743. The lowest BCUT2D eigenvalue weighted by molar-refractivity contribution is 0.112. The Bertz CT molecular complexity index is 332. The van der Waals surface area contributed by atoms with Crippen LogP contribution in [0.15, 0.2) is 12.4 Å². The van der Waals surface area contributed by atoms with Gasteiger partial charge < -0.3 is 4.74 Å². The molecule has 1 aromatic heterocycles. The summed E-state index contributed by atoms with van der Waals surface area (Å²) in [6.07, 6.45) is 6.61. The number of carbonyl (C=O) groups is 1. The van der Waals surface area contributed by atoms with Gasteiger partial charge in [0.1, 0.15) is 5.75 Å². The van der Waals surface area contributed by atoms with Crippen LogP contribution in [-0.4, -0.2) is 17.4 Å². The molecular formula is C10H11NO2. The van der Waals surface area contributed by atoms with Crippen LogP contribution >= 0.6 is 0 Å². The molecule has 0 aromatic carbocycles. The Labute approximate surface area is 76.7 Å². The molecule has 0 bridgehead atoms. The predicted molar refractivity (Wildman–Crippen MR) is 48.0 cm³/mol. The summed E-state index contributed by atoms with van der Waals surface area (Å²) in [5.41, 5.74) is 1.50. The monoisotopic (exact) mass is 177 g/mol. The SMILES string of the molecule is Cc1c(C=O)cncc1OC1CC1. The van der Waals surface area contributed by atoms with E-state index in [2.05, 4.69) is 4.98 Å². The van der Waals surface area contributed by atoms with Gasteiger partial charge in [0.05, 0.1) is 12.3 Å². The molecule has 0 radical (unpaired) electrons. The molecule has 0 N–H and O–H groups in total. The van der Waals surface area contributed by atoms with E-state index in [9.17, 15) is 4.79 Å². The summed E-state index contributed by atoms with van der Waals surface area (Å²) >= 11 is 0. The van der Waals surface area contributed by atoms with Gasteiger partial charge in [0, 0.05) is 17.3 Å². The molecule has 1 aliphatic rings. The summed E-state index contributed by atoms with van der Waals surface area (Å²) in [7, 11) is 0. The van der Waals surface area contributed by atoms with Crippen molar-refractivity contribution in [2.24, 2.45) is 0 Å². The first kappa shape index (κ1) is 8.23.